The summed E-state index contributed by atoms with van der Waals surface area (Å²) in [6.07, 6.45) is 8.20. The number of carbonyl (C=O) groups is 2. The molecule has 6 nitrogen and oxygen atoms in total. The Labute approximate surface area is 142 Å². The normalized spacial score (nSPS) is 23.1. The molecule has 1 aliphatic heterocycles. The van der Waals surface area contributed by atoms with Crippen LogP contribution in [-0.2, 0) is 16.1 Å². The Kier molecular flexibility index (Phi) is 5.53. The van der Waals surface area contributed by atoms with Crippen molar-refractivity contribution in [2.45, 2.75) is 70.9 Å². The highest BCUT2D eigenvalue weighted by atomic mass is 16.5. The van der Waals surface area contributed by atoms with Crippen LogP contribution >= 0.6 is 0 Å². The molecule has 2 aliphatic rings. The van der Waals surface area contributed by atoms with E-state index < -0.39 is 0 Å². The molecule has 1 saturated heterocycles. The maximum atomic E-state index is 12.5. The predicted octanol–water partition coefficient (Wildman–Crippen LogP) is 2.56. The quantitative estimate of drug-likeness (QED) is 0.859. The molecule has 2 fully saturated rings. The molecule has 2 heterocycles. The topological polar surface area (TPSA) is 75.4 Å². The van der Waals surface area contributed by atoms with Gasteiger partial charge in [0, 0.05) is 25.1 Å². The van der Waals surface area contributed by atoms with Crippen molar-refractivity contribution in [3.8, 4) is 0 Å². The number of likely N-dealkylation sites (tertiary alicyclic amines) is 1. The second-order valence-corrected chi connectivity index (χ2v) is 7.07. The third-order valence-electron chi connectivity index (χ3n) is 5.20. The molecule has 1 unspecified atom stereocenters. The summed E-state index contributed by atoms with van der Waals surface area (Å²) < 4.78 is 5.01. The zero-order valence-corrected chi connectivity index (χ0v) is 14.4. The summed E-state index contributed by atoms with van der Waals surface area (Å²) in [5.41, 5.74) is 0.730. The standard InChI is InChI=1S/C18H27N3O3/c1-13-10-15(20-24-13)11-19-18(23)14-8-9-17(22)21(12-14)16-6-4-2-3-5-7-16/h10,14,16H,2-9,11-12H2,1H3,(H,19,23). The highest BCUT2D eigenvalue weighted by molar-refractivity contribution is 5.84. The van der Waals surface area contributed by atoms with Gasteiger partial charge in [-0.15, -0.1) is 0 Å². The maximum absolute atomic E-state index is 12.5. The van der Waals surface area contributed by atoms with E-state index in [4.69, 9.17) is 4.52 Å². The molecule has 1 atom stereocenters. The fourth-order valence-electron chi connectivity index (χ4n) is 3.83. The predicted molar refractivity (Wildman–Crippen MR) is 89.0 cm³/mol. The lowest BCUT2D eigenvalue weighted by Gasteiger charge is -2.37. The number of amides is 2. The van der Waals surface area contributed by atoms with Gasteiger partial charge >= 0.3 is 0 Å². The maximum Gasteiger partial charge on any atom is 0.225 e. The molecule has 1 aromatic rings. The molecule has 2 amide bonds. The lowest BCUT2D eigenvalue weighted by atomic mass is 9.93. The van der Waals surface area contributed by atoms with Crippen LogP contribution in [0.4, 0.5) is 0 Å². The summed E-state index contributed by atoms with van der Waals surface area (Å²) in [6, 6.07) is 2.15. The lowest BCUT2D eigenvalue weighted by Crippen LogP contribution is -2.49. The molecule has 3 rings (SSSR count). The fraction of sp³-hybridized carbons (Fsp3) is 0.722. The van der Waals surface area contributed by atoms with Crippen LogP contribution in [0.3, 0.4) is 0 Å². The number of carbonyl (C=O) groups excluding carboxylic acids is 2. The number of nitrogens with zero attached hydrogens (tertiary/aromatic N) is 2. The first kappa shape index (κ1) is 17.0. The van der Waals surface area contributed by atoms with Gasteiger partial charge in [0.05, 0.1) is 12.5 Å². The largest absolute Gasteiger partial charge is 0.361 e. The van der Waals surface area contributed by atoms with Gasteiger partial charge in [0.25, 0.3) is 0 Å². The lowest BCUT2D eigenvalue weighted by molar-refractivity contribution is -0.141. The molecule has 24 heavy (non-hydrogen) atoms. The molecule has 0 radical (unpaired) electrons. The Morgan fingerprint density at radius 3 is 2.71 bits per heavy atom. The van der Waals surface area contributed by atoms with Crippen molar-refractivity contribution in [2.24, 2.45) is 5.92 Å². The molecule has 132 valence electrons. The Bertz CT molecular complexity index is 576. The van der Waals surface area contributed by atoms with Gasteiger partial charge in [0.15, 0.2) is 0 Å². The first-order chi connectivity index (χ1) is 11.6. The molecule has 1 saturated carbocycles. The van der Waals surface area contributed by atoms with E-state index in [0.29, 0.717) is 32.0 Å². The van der Waals surface area contributed by atoms with Crippen molar-refractivity contribution in [2.75, 3.05) is 6.54 Å². The van der Waals surface area contributed by atoms with Crippen LogP contribution < -0.4 is 5.32 Å². The zero-order chi connectivity index (χ0) is 16.9. The molecule has 6 heteroatoms. The summed E-state index contributed by atoms with van der Waals surface area (Å²) in [6.45, 7) is 2.77. The van der Waals surface area contributed by atoms with Crippen molar-refractivity contribution in [3.05, 3.63) is 17.5 Å². The van der Waals surface area contributed by atoms with Crippen LogP contribution in [0.1, 0.15) is 62.8 Å². The molecule has 0 bridgehead atoms. The number of rotatable bonds is 4. The van der Waals surface area contributed by atoms with Crippen LogP contribution in [0.5, 0.6) is 0 Å². The molecular formula is C18H27N3O3. The summed E-state index contributed by atoms with van der Waals surface area (Å²) in [5.74, 6) is 0.862. The second kappa shape index (κ2) is 7.81. The van der Waals surface area contributed by atoms with Crippen molar-refractivity contribution in [1.82, 2.24) is 15.4 Å². The molecule has 1 aliphatic carbocycles. The van der Waals surface area contributed by atoms with E-state index in [0.717, 1.165) is 24.3 Å². The van der Waals surface area contributed by atoms with Crippen LogP contribution in [0.25, 0.3) is 0 Å². The van der Waals surface area contributed by atoms with Gasteiger partial charge in [0.2, 0.25) is 11.8 Å². The van der Waals surface area contributed by atoms with E-state index in [-0.39, 0.29) is 17.7 Å². The Morgan fingerprint density at radius 1 is 1.29 bits per heavy atom. The van der Waals surface area contributed by atoms with Gasteiger partial charge in [-0.3, -0.25) is 9.59 Å². The SMILES string of the molecule is Cc1cc(CNC(=O)C2CCC(=O)N(C3CCCCCC3)C2)no1. The monoisotopic (exact) mass is 333 g/mol. The molecule has 0 aromatic carbocycles. The van der Waals surface area contributed by atoms with Gasteiger partial charge in [-0.2, -0.15) is 0 Å². The fourth-order valence-corrected chi connectivity index (χ4v) is 3.83. The Hall–Kier alpha value is -1.85. The molecule has 0 spiro atoms. The van der Waals surface area contributed by atoms with Crippen LogP contribution in [0.15, 0.2) is 10.6 Å². The summed E-state index contributed by atoms with van der Waals surface area (Å²) in [7, 11) is 0. The smallest absolute Gasteiger partial charge is 0.225 e. The third-order valence-corrected chi connectivity index (χ3v) is 5.20. The highest BCUT2D eigenvalue weighted by Crippen LogP contribution is 2.27. The van der Waals surface area contributed by atoms with E-state index in [1.807, 2.05) is 17.9 Å². The van der Waals surface area contributed by atoms with Crippen LogP contribution in [0, 0.1) is 12.8 Å². The van der Waals surface area contributed by atoms with Crippen molar-refractivity contribution >= 4 is 11.8 Å². The number of piperidine rings is 1. The van der Waals surface area contributed by atoms with Crippen molar-refractivity contribution in [1.29, 1.82) is 0 Å². The van der Waals surface area contributed by atoms with Gasteiger partial charge in [-0.05, 0) is 26.2 Å². The van der Waals surface area contributed by atoms with Gasteiger partial charge in [-0.25, -0.2) is 0 Å². The van der Waals surface area contributed by atoms with Crippen molar-refractivity contribution in [3.63, 3.8) is 0 Å². The number of aromatic nitrogens is 1. The van der Waals surface area contributed by atoms with E-state index in [1.165, 1.54) is 25.7 Å². The summed E-state index contributed by atoms with van der Waals surface area (Å²) in [5, 5.41) is 6.82. The Balaban J connectivity index is 1.55. The average molecular weight is 333 g/mol. The molecule has 1 N–H and O–H groups in total. The van der Waals surface area contributed by atoms with Crippen LogP contribution in [0.2, 0.25) is 0 Å². The van der Waals surface area contributed by atoms with Gasteiger partial charge < -0.3 is 14.7 Å². The third kappa shape index (κ3) is 4.16. The highest BCUT2D eigenvalue weighted by Gasteiger charge is 2.34. The van der Waals surface area contributed by atoms with Gasteiger partial charge in [0.1, 0.15) is 11.5 Å². The zero-order valence-electron chi connectivity index (χ0n) is 14.4. The first-order valence-electron chi connectivity index (χ1n) is 9.13. The minimum absolute atomic E-state index is 0.0155. The second-order valence-electron chi connectivity index (χ2n) is 7.07. The molecular weight excluding hydrogens is 306 g/mol. The van der Waals surface area contributed by atoms with E-state index >= 15 is 0 Å². The molecule has 1 aromatic heterocycles. The number of aryl methyl sites for hydroxylation is 1. The van der Waals surface area contributed by atoms with Crippen LogP contribution in [-0.4, -0.2) is 34.5 Å². The van der Waals surface area contributed by atoms with E-state index in [1.54, 1.807) is 0 Å². The van der Waals surface area contributed by atoms with Crippen molar-refractivity contribution < 1.29 is 14.1 Å². The minimum Gasteiger partial charge on any atom is -0.361 e. The summed E-state index contributed by atoms with van der Waals surface area (Å²) in [4.78, 5) is 26.8. The average Bonchev–Trinajstić information content (AvgIpc) is 2.83. The minimum atomic E-state index is -0.112. The number of hydrogen-bond acceptors (Lipinski definition) is 4. The summed E-state index contributed by atoms with van der Waals surface area (Å²) >= 11 is 0. The number of nitrogens with one attached hydrogen (secondary N) is 1. The van der Waals surface area contributed by atoms with Gasteiger partial charge in [-0.1, -0.05) is 30.8 Å². The first-order valence-corrected chi connectivity index (χ1v) is 9.13. The number of hydrogen-bond donors (Lipinski definition) is 1. The van der Waals surface area contributed by atoms with E-state index in [2.05, 4.69) is 10.5 Å². The Morgan fingerprint density at radius 2 is 2.04 bits per heavy atom. The van der Waals surface area contributed by atoms with E-state index in [9.17, 15) is 9.59 Å².